The van der Waals surface area contributed by atoms with Crippen molar-refractivity contribution in [2.24, 2.45) is 10.7 Å². The molecule has 2 aromatic heterocycles. The lowest BCUT2D eigenvalue weighted by atomic mass is 10.1. The Morgan fingerprint density at radius 2 is 1.95 bits per heavy atom. The van der Waals surface area contributed by atoms with Crippen LogP contribution in [0.1, 0.15) is 44.4 Å². The van der Waals surface area contributed by atoms with Crippen molar-refractivity contribution in [2.45, 2.75) is 63.6 Å². The van der Waals surface area contributed by atoms with E-state index in [0.717, 1.165) is 50.9 Å². The first-order valence-electron chi connectivity index (χ1n) is 13.7. The maximum absolute atomic E-state index is 10.8. The number of aromatic nitrogens is 4. The van der Waals surface area contributed by atoms with Gasteiger partial charge in [-0.1, -0.05) is 43.7 Å². The van der Waals surface area contributed by atoms with E-state index in [1.807, 2.05) is 18.2 Å². The van der Waals surface area contributed by atoms with Crippen LogP contribution in [0.2, 0.25) is 0 Å². The molecule has 0 aliphatic carbocycles. The quantitative estimate of drug-likeness (QED) is 0.107. The Morgan fingerprint density at radius 1 is 1.10 bits per heavy atom. The molecule has 11 nitrogen and oxygen atoms in total. The number of aryl methyl sites for hydroxylation is 1. The highest BCUT2D eigenvalue weighted by atomic mass is 32.2. The number of nitrogens with zero attached hydrogens (tertiary/aromatic N) is 5. The summed E-state index contributed by atoms with van der Waals surface area (Å²) in [6, 6.07) is 10.4. The van der Waals surface area contributed by atoms with Gasteiger partial charge in [-0.3, -0.25) is 9.56 Å². The highest BCUT2D eigenvalue weighted by Crippen LogP contribution is 2.33. The molecule has 6 N–H and O–H groups in total. The molecule has 1 aliphatic heterocycles. The molecule has 1 aliphatic rings. The monoisotopic (exact) mass is 556 g/mol. The predicted octanol–water partition coefficient (Wildman–Crippen LogP) is 2.32. The van der Waals surface area contributed by atoms with Crippen LogP contribution >= 0.6 is 11.8 Å². The second-order valence-electron chi connectivity index (χ2n) is 9.58. The molecule has 1 saturated heterocycles. The number of aliphatic imine (C=N–C) groups is 1. The molecule has 0 bridgehead atoms. The lowest BCUT2D eigenvalue weighted by Gasteiger charge is -2.16. The van der Waals surface area contributed by atoms with Crippen molar-refractivity contribution in [1.29, 1.82) is 0 Å². The molecule has 4 rings (SSSR count). The van der Waals surface area contributed by atoms with Crippen LogP contribution in [0.5, 0.6) is 0 Å². The first kappa shape index (κ1) is 29.1. The molecule has 1 aromatic carbocycles. The zero-order valence-corrected chi connectivity index (χ0v) is 23.3. The summed E-state index contributed by atoms with van der Waals surface area (Å²) in [4.78, 5) is 17.6. The van der Waals surface area contributed by atoms with E-state index in [1.54, 1.807) is 22.7 Å². The van der Waals surface area contributed by atoms with Gasteiger partial charge in [0, 0.05) is 25.4 Å². The molecule has 4 atom stereocenters. The minimum atomic E-state index is -1.09. The van der Waals surface area contributed by atoms with Crippen molar-refractivity contribution in [1.82, 2.24) is 24.8 Å². The summed E-state index contributed by atoms with van der Waals surface area (Å²) in [5.41, 5.74) is 8.30. The number of thioether (sulfide) groups is 1. The van der Waals surface area contributed by atoms with Crippen LogP contribution < -0.4 is 16.4 Å². The van der Waals surface area contributed by atoms with Crippen LogP contribution in [-0.2, 0) is 11.2 Å². The molecule has 12 heteroatoms. The van der Waals surface area contributed by atoms with Crippen molar-refractivity contribution >= 4 is 34.7 Å². The van der Waals surface area contributed by atoms with Gasteiger partial charge in [-0.15, -0.1) is 0 Å². The molecule has 3 aromatic rings. The Hall–Kier alpha value is -2.93. The van der Waals surface area contributed by atoms with Crippen molar-refractivity contribution in [2.75, 3.05) is 36.5 Å². The normalized spacial score (nSPS) is 21.5. The summed E-state index contributed by atoms with van der Waals surface area (Å²) >= 11 is 1.66. The van der Waals surface area contributed by atoms with Gasteiger partial charge in [0.2, 0.25) is 0 Å². The third-order valence-corrected chi connectivity index (χ3v) is 7.74. The van der Waals surface area contributed by atoms with Crippen LogP contribution in [-0.4, -0.2) is 85.1 Å². The van der Waals surface area contributed by atoms with Crippen molar-refractivity contribution in [3.8, 4) is 0 Å². The summed E-state index contributed by atoms with van der Waals surface area (Å²) in [6.07, 6.45) is 4.62. The molecule has 0 amide bonds. The highest BCUT2D eigenvalue weighted by Gasteiger charge is 2.44. The Labute approximate surface area is 233 Å². The SMILES string of the molecule is CCCCNC(N)=NCCCSC[C@H]1OC(n2cnc3c(NCCCc4ccccc4)ncnc32)[C@H](O)[C@@H]1O. The molecule has 212 valence electrons. The molecular formula is C27H40N8O3S. The number of hydrogen-bond donors (Lipinski definition) is 5. The number of benzene rings is 1. The summed E-state index contributed by atoms with van der Waals surface area (Å²) in [6.45, 7) is 4.35. The van der Waals surface area contributed by atoms with Gasteiger partial charge in [0.15, 0.2) is 29.2 Å². The van der Waals surface area contributed by atoms with Gasteiger partial charge in [-0.25, -0.2) is 15.0 Å². The average Bonchev–Trinajstić information content (AvgIpc) is 3.50. The fourth-order valence-corrected chi connectivity index (χ4v) is 5.43. The van der Waals surface area contributed by atoms with E-state index in [2.05, 4.69) is 49.6 Å². The van der Waals surface area contributed by atoms with Crippen LogP contribution in [0, 0.1) is 0 Å². The summed E-state index contributed by atoms with van der Waals surface area (Å²) in [5, 5.41) is 27.9. The summed E-state index contributed by atoms with van der Waals surface area (Å²) < 4.78 is 7.76. The Morgan fingerprint density at radius 3 is 2.77 bits per heavy atom. The van der Waals surface area contributed by atoms with Crippen LogP contribution in [0.3, 0.4) is 0 Å². The Balaban J connectivity index is 1.26. The molecule has 0 spiro atoms. The van der Waals surface area contributed by atoms with Gasteiger partial charge in [0.05, 0.1) is 12.4 Å². The summed E-state index contributed by atoms with van der Waals surface area (Å²) in [7, 11) is 0. The van der Waals surface area contributed by atoms with E-state index in [0.29, 0.717) is 35.2 Å². The molecule has 0 radical (unpaired) electrons. The molecule has 0 saturated carbocycles. The predicted molar refractivity (Wildman–Crippen MR) is 156 cm³/mol. The van der Waals surface area contributed by atoms with E-state index in [1.165, 1.54) is 11.9 Å². The van der Waals surface area contributed by atoms with Crippen molar-refractivity contribution < 1.29 is 14.9 Å². The van der Waals surface area contributed by atoms with Crippen LogP contribution in [0.25, 0.3) is 11.2 Å². The Bertz CT molecular complexity index is 1180. The van der Waals surface area contributed by atoms with Crippen molar-refractivity contribution in [3.63, 3.8) is 0 Å². The summed E-state index contributed by atoms with van der Waals surface area (Å²) in [5.74, 6) is 2.52. The maximum atomic E-state index is 10.8. The zero-order chi connectivity index (χ0) is 27.5. The van der Waals surface area contributed by atoms with Gasteiger partial charge in [-0.2, -0.15) is 11.8 Å². The second-order valence-corrected chi connectivity index (χ2v) is 10.7. The lowest BCUT2D eigenvalue weighted by molar-refractivity contribution is -0.0289. The number of guanidine groups is 1. The minimum Gasteiger partial charge on any atom is -0.387 e. The molecule has 1 fully saturated rings. The van der Waals surface area contributed by atoms with E-state index in [4.69, 9.17) is 10.5 Å². The number of imidazole rings is 1. The first-order valence-corrected chi connectivity index (χ1v) is 14.8. The smallest absolute Gasteiger partial charge is 0.188 e. The molecular weight excluding hydrogens is 516 g/mol. The third kappa shape index (κ3) is 8.04. The number of ether oxygens (including phenoxy) is 1. The fourth-order valence-electron chi connectivity index (χ4n) is 4.42. The first-order chi connectivity index (χ1) is 19.1. The maximum Gasteiger partial charge on any atom is 0.188 e. The van der Waals surface area contributed by atoms with Gasteiger partial charge in [0.1, 0.15) is 18.5 Å². The van der Waals surface area contributed by atoms with E-state index >= 15 is 0 Å². The van der Waals surface area contributed by atoms with Gasteiger partial charge >= 0.3 is 0 Å². The highest BCUT2D eigenvalue weighted by molar-refractivity contribution is 7.99. The number of hydrogen-bond acceptors (Lipinski definition) is 9. The van der Waals surface area contributed by atoms with Crippen LogP contribution in [0.4, 0.5) is 5.82 Å². The number of rotatable bonds is 15. The standard InChI is InChI=1S/C27H40N8O3S/c1-2-3-12-30-27(28)31-14-8-15-39-16-20-22(36)23(37)26(38-20)35-18-34-21-24(32-17-33-25(21)35)29-13-7-11-19-9-5-4-6-10-19/h4-6,9-10,17-18,20,22-23,26,36-37H,2-3,7-8,11-16H2,1H3,(H3,28,30,31)(H,29,32,33)/t20-,22-,23-,26?/m1/s1. The second kappa shape index (κ2) is 15.0. The molecule has 39 heavy (non-hydrogen) atoms. The van der Waals surface area contributed by atoms with Crippen molar-refractivity contribution in [3.05, 3.63) is 48.5 Å². The third-order valence-electron chi connectivity index (χ3n) is 6.60. The van der Waals surface area contributed by atoms with Gasteiger partial charge in [0.25, 0.3) is 0 Å². The minimum absolute atomic E-state index is 0.482. The number of aliphatic hydroxyl groups is 2. The van der Waals surface area contributed by atoms with E-state index in [9.17, 15) is 10.2 Å². The topological polar surface area (TPSA) is 156 Å². The number of aliphatic hydroxyl groups excluding tert-OH is 2. The van der Waals surface area contributed by atoms with Gasteiger partial charge < -0.3 is 31.3 Å². The lowest BCUT2D eigenvalue weighted by Crippen LogP contribution is -2.32. The number of nitrogens with two attached hydrogens (primary N) is 1. The average molecular weight is 557 g/mol. The number of unbranched alkanes of at least 4 members (excludes halogenated alkanes) is 1. The molecule has 1 unspecified atom stereocenters. The zero-order valence-electron chi connectivity index (χ0n) is 22.4. The largest absolute Gasteiger partial charge is 0.387 e. The number of anilines is 1. The van der Waals surface area contributed by atoms with Gasteiger partial charge in [-0.05, 0) is 37.0 Å². The number of nitrogens with one attached hydrogen (secondary N) is 2. The van der Waals surface area contributed by atoms with E-state index < -0.39 is 24.5 Å². The molecule has 3 heterocycles. The Kier molecular flexibility index (Phi) is 11.2. The van der Waals surface area contributed by atoms with Crippen LogP contribution in [0.15, 0.2) is 48.0 Å². The fraction of sp³-hybridized carbons (Fsp3) is 0.556. The number of fused-ring (bicyclic) bond motifs is 1. The van der Waals surface area contributed by atoms with E-state index in [-0.39, 0.29) is 0 Å².